The molecule has 0 bridgehead atoms. The molecule has 0 aromatic carbocycles. The average molecular weight is 266 g/mol. The lowest BCUT2D eigenvalue weighted by Crippen LogP contribution is -2.35. The largest absolute Gasteiger partial charge is 0.383 e. The molecule has 0 fully saturated rings. The first kappa shape index (κ1) is 14.5. The molecule has 0 saturated heterocycles. The number of fused-ring (bicyclic) bond motifs is 1. The van der Waals surface area contributed by atoms with Crippen LogP contribution in [-0.4, -0.2) is 59.2 Å². The summed E-state index contributed by atoms with van der Waals surface area (Å²) in [7, 11) is 3.90. The lowest BCUT2D eigenvalue weighted by atomic mass is 10.3. The summed E-state index contributed by atoms with van der Waals surface area (Å²) >= 11 is 0. The van der Waals surface area contributed by atoms with Crippen molar-refractivity contribution in [2.75, 3.05) is 33.9 Å². The Kier molecular flexibility index (Phi) is 4.96. The van der Waals surface area contributed by atoms with Gasteiger partial charge in [-0.05, 0) is 20.9 Å². The second-order valence-electron chi connectivity index (χ2n) is 5.62. The zero-order valence-electron chi connectivity index (χ0n) is 12.6. The van der Waals surface area contributed by atoms with Crippen molar-refractivity contribution >= 4 is 0 Å². The predicted molar refractivity (Wildman–Crippen MR) is 76.0 cm³/mol. The summed E-state index contributed by atoms with van der Waals surface area (Å²) in [6.07, 6.45) is 2.21. The Morgan fingerprint density at radius 1 is 1.42 bits per heavy atom. The summed E-state index contributed by atoms with van der Waals surface area (Å²) < 4.78 is 7.44. The van der Waals surface area contributed by atoms with Gasteiger partial charge in [-0.3, -0.25) is 9.80 Å². The SMILES string of the molecule is COCCN1CCn2cc(CN(C)C(C)C)nc2C1. The molecule has 5 heteroatoms. The van der Waals surface area contributed by atoms with Crippen molar-refractivity contribution < 1.29 is 4.74 Å². The van der Waals surface area contributed by atoms with Crippen molar-refractivity contribution in [1.82, 2.24) is 19.4 Å². The maximum Gasteiger partial charge on any atom is 0.123 e. The van der Waals surface area contributed by atoms with Crippen molar-refractivity contribution in [3.05, 3.63) is 17.7 Å². The highest BCUT2D eigenvalue weighted by molar-refractivity contribution is 5.06. The van der Waals surface area contributed by atoms with Gasteiger partial charge in [0, 0.05) is 45.5 Å². The van der Waals surface area contributed by atoms with Crippen molar-refractivity contribution in [2.24, 2.45) is 0 Å². The molecule has 2 rings (SSSR count). The normalized spacial score (nSPS) is 16.3. The second-order valence-corrected chi connectivity index (χ2v) is 5.62. The number of rotatable bonds is 6. The zero-order chi connectivity index (χ0) is 13.8. The summed E-state index contributed by atoms with van der Waals surface area (Å²) in [6.45, 7) is 10.2. The molecule has 1 aromatic heterocycles. The predicted octanol–water partition coefficient (Wildman–Crippen LogP) is 1.19. The molecule has 1 aliphatic rings. The molecular weight excluding hydrogens is 240 g/mol. The quantitative estimate of drug-likeness (QED) is 0.774. The number of imidazole rings is 1. The van der Waals surface area contributed by atoms with Crippen LogP contribution >= 0.6 is 0 Å². The maximum absolute atomic E-state index is 5.14. The van der Waals surface area contributed by atoms with Crippen LogP contribution < -0.4 is 0 Å². The van der Waals surface area contributed by atoms with Crippen molar-refractivity contribution in [3.63, 3.8) is 0 Å². The molecular formula is C14H26N4O. The third-order valence-corrected chi connectivity index (χ3v) is 3.84. The van der Waals surface area contributed by atoms with E-state index in [0.29, 0.717) is 6.04 Å². The van der Waals surface area contributed by atoms with Crippen molar-refractivity contribution in [1.29, 1.82) is 0 Å². The van der Waals surface area contributed by atoms with Gasteiger partial charge in [0.05, 0.1) is 18.8 Å². The third-order valence-electron chi connectivity index (χ3n) is 3.84. The summed E-state index contributed by atoms with van der Waals surface area (Å²) in [5.74, 6) is 1.19. The Hall–Kier alpha value is -0.910. The minimum absolute atomic E-state index is 0.553. The van der Waals surface area contributed by atoms with Gasteiger partial charge < -0.3 is 9.30 Å². The van der Waals surface area contributed by atoms with E-state index < -0.39 is 0 Å². The van der Waals surface area contributed by atoms with Gasteiger partial charge in [-0.2, -0.15) is 0 Å². The van der Waals surface area contributed by atoms with E-state index >= 15 is 0 Å². The first-order valence-corrected chi connectivity index (χ1v) is 7.06. The maximum atomic E-state index is 5.14. The van der Waals surface area contributed by atoms with Gasteiger partial charge in [0.25, 0.3) is 0 Å². The van der Waals surface area contributed by atoms with Crippen LogP contribution in [-0.2, 0) is 24.4 Å². The number of hydrogen-bond acceptors (Lipinski definition) is 4. The number of methoxy groups -OCH3 is 1. The van der Waals surface area contributed by atoms with Crippen LogP contribution in [0.1, 0.15) is 25.4 Å². The highest BCUT2D eigenvalue weighted by Gasteiger charge is 2.18. The van der Waals surface area contributed by atoms with E-state index in [2.05, 4.69) is 41.5 Å². The number of hydrogen-bond donors (Lipinski definition) is 0. The van der Waals surface area contributed by atoms with E-state index in [-0.39, 0.29) is 0 Å². The summed E-state index contributed by atoms with van der Waals surface area (Å²) in [5, 5.41) is 0. The van der Waals surface area contributed by atoms with Gasteiger partial charge in [-0.25, -0.2) is 4.98 Å². The number of ether oxygens (including phenoxy) is 1. The third kappa shape index (κ3) is 3.78. The van der Waals surface area contributed by atoms with Gasteiger partial charge in [-0.15, -0.1) is 0 Å². The highest BCUT2D eigenvalue weighted by atomic mass is 16.5. The van der Waals surface area contributed by atoms with Crippen molar-refractivity contribution in [3.8, 4) is 0 Å². The first-order valence-electron chi connectivity index (χ1n) is 7.06. The minimum atomic E-state index is 0.553. The minimum Gasteiger partial charge on any atom is -0.383 e. The lowest BCUT2D eigenvalue weighted by molar-refractivity contribution is 0.130. The summed E-state index contributed by atoms with van der Waals surface area (Å²) in [5.41, 5.74) is 1.18. The molecule has 0 atom stereocenters. The molecule has 1 aliphatic heterocycles. The molecule has 19 heavy (non-hydrogen) atoms. The summed E-state index contributed by atoms with van der Waals surface area (Å²) in [4.78, 5) is 9.49. The van der Waals surface area contributed by atoms with Gasteiger partial charge in [0.2, 0.25) is 0 Å². The fraction of sp³-hybridized carbons (Fsp3) is 0.786. The van der Waals surface area contributed by atoms with E-state index in [0.717, 1.165) is 39.3 Å². The average Bonchev–Trinajstić information content (AvgIpc) is 2.77. The van der Waals surface area contributed by atoms with E-state index in [1.54, 1.807) is 7.11 Å². The van der Waals surface area contributed by atoms with Crippen LogP contribution in [0.15, 0.2) is 6.20 Å². The Bertz CT molecular complexity index is 402. The summed E-state index contributed by atoms with van der Waals surface area (Å²) in [6, 6.07) is 0.553. The van der Waals surface area contributed by atoms with E-state index in [9.17, 15) is 0 Å². The van der Waals surface area contributed by atoms with Gasteiger partial charge >= 0.3 is 0 Å². The van der Waals surface area contributed by atoms with E-state index in [1.807, 2.05) is 0 Å². The fourth-order valence-corrected chi connectivity index (χ4v) is 2.29. The van der Waals surface area contributed by atoms with Crippen LogP contribution in [0.2, 0.25) is 0 Å². The van der Waals surface area contributed by atoms with E-state index in [1.165, 1.54) is 11.5 Å². The standard InChI is InChI=1S/C14H26N4O/c1-12(2)16(3)9-13-10-18-6-5-17(7-8-19-4)11-14(18)15-13/h10,12H,5-9,11H2,1-4H3. The molecule has 5 nitrogen and oxygen atoms in total. The monoisotopic (exact) mass is 266 g/mol. The molecule has 2 heterocycles. The lowest BCUT2D eigenvalue weighted by Gasteiger charge is -2.26. The molecule has 0 N–H and O–H groups in total. The van der Waals surface area contributed by atoms with Crippen LogP contribution in [0.5, 0.6) is 0 Å². The van der Waals surface area contributed by atoms with E-state index in [4.69, 9.17) is 9.72 Å². The number of aromatic nitrogens is 2. The van der Waals surface area contributed by atoms with Gasteiger partial charge in [0.15, 0.2) is 0 Å². The topological polar surface area (TPSA) is 33.5 Å². The van der Waals surface area contributed by atoms with Gasteiger partial charge in [-0.1, -0.05) is 0 Å². The Balaban J connectivity index is 1.96. The van der Waals surface area contributed by atoms with Crippen molar-refractivity contribution in [2.45, 2.75) is 39.5 Å². The zero-order valence-corrected chi connectivity index (χ0v) is 12.6. The van der Waals surface area contributed by atoms with Gasteiger partial charge in [0.1, 0.15) is 5.82 Å². The second kappa shape index (κ2) is 6.50. The molecule has 0 amide bonds. The highest BCUT2D eigenvalue weighted by Crippen LogP contribution is 2.14. The van der Waals surface area contributed by atoms with Crippen LogP contribution in [0, 0.1) is 0 Å². The van der Waals surface area contributed by atoms with Crippen LogP contribution in [0.3, 0.4) is 0 Å². The molecule has 1 aromatic rings. The Labute approximate surface area is 116 Å². The molecule has 0 unspecified atom stereocenters. The molecule has 108 valence electrons. The molecule has 0 spiro atoms. The Morgan fingerprint density at radius 3 is 2.89 bits per heavy atom. The first-order chi connectivity index (χ1) is 9.10. The van der Waals surface area contributed by atoms with Crippen LogP contribution in [0.4, 0.5) is 0 Å². The molecule has 0 radical (unpaired) electrons. The number of nitrogens with zero attached hydrogens (tertiary/aromatic N) is 4. The fourth-order valence-electron chi connectivity index (χ4n) is 2.29. The molecule has 0 saturated carbocycles. The smallest absolute Gasteiger partial charge is 0.123 e. The van der Waals surface area contributed by atoms with Crippen LogP contribution in [0.25, 0.3) is 0 Å². The molecule has 0 aliphatic carbocycles. The Morgan fingerprint density at radius 2 is 2.21 bits per heavy atom.